The molecule has 0 spiro atoms. The maximum Gasteiger partial charge on any atom is 0.223 e. The zero-order valence-electron chi connectivity index (χ0n) is 15.1. The second-order valence-electron chi connectivity index (χ2n) is 7.18. The lowest BCUT2D eigenvalue weighted by Crippen LogP contribution is -2.42. The number of amides is 1. The molecular weight excluding hydrogens is 312 g/mol. The molecule has 1 amide bonds. The van der Waals surface area contributed by atoms with Crippen molar-refractivity contribution in [1.29, 1.82) is 0 Å². The van der Waals surface area contributed by atoms with Crippen LogP contribution in [0.25, 0.3) is 5.69 Å². The molecule has 1 fully saturated rings. The predicted octanol–water partition coefficient (Wildman–Crippen LogP) is 3.05. The van der Waals surface area contributed by atoms with Gasteiger partial charge in [-0.2, -0.15) is 5.10 Å². The van der Waals surface area contributed by atoms with Crippen LogP contribution in [0, 0.1) is 5.92 Å². The summed E-state index contributed by atoms with van der Waals surface area (Å²) in [5.74, 6) is 0.341. The number of benzene rings is 1. The molecule has 1 aliphatic rings. The first-order chi connectivity index (χ1) is 12.1. The summed E-state index contributed by atoms with van der Waals surface area (Å²) in [5.41, 5.74) is 2.32. The number of carbonyl (C=O) groups is 1. The summed E-state index contributed by atoms with van der Waals surface area (Å²) in [5, 5.41) is 11.1. The van der Waals surface area contributed by atoms with Gasteiger partial charge in [0.15, 0.2) is 0 Å². The molecule has 1 saturated carbocycles. The van der Waals surface area contributed by atoms with Crippen molar-refractivity contribution in [2.24, 2.45) is 5.92 Å². The van der Waals surface area contributed by atoms with Gasteiger partial charge in [-0.1, -0.05) is 24.6 Å². The molecule has 0 radical (unpaired) electrons. The smallest absolute Gasteiger partial charge is 0.223 e. The molecule has 1 aliphatic carbocycles. The maximum absolute atomic E-state index is 12.3. The second kappa shape index (κ2) is 8.30. The van der Waals surface area contributed by atoms with Crippen molar-refractivity contribution in [3.05, 3.63) is 48.3 Å². The van der Waals surface area contributed by atoms with E-state index in [0.717, 1.165) is 37.9 Å². The van der Waals surface area contributed by atoms with Crippen molar-refractivity contribution >= 4 is 5.91 Å². The van der Waals surface area contributed by atoms with Gasteiger partial charge in [0, 0.05) is 36.9 Å². The number of para-hydroxylation sites is 1. The maximum atomic E-state index is 12.3. The topological polar surface area (TPSA) is 59.0 Å². The number of aromatic nitrogens is 2. The molecule has 1 aromatic carbocycles. The fraction of sp³-hybridized carbons (Fsp3) is 0.500. The lowest BCUT2D eigenvalue weighted by Gasteiger charge is -2.30. The van der Waals surface area contributed by atoms with Crippen molar-refractivity contribution in [2.45, 2.75) is 58.2 Å². The molecule has 1 aromatic heterocycles. The third-order valence-corrected chi connectivity index (χ3v) is 4.80. The number of nitrogens with one attached hydrogen (secondary N) is 2. The fourth-order valence-corrected chi connectivity index (χ4v) is 3.57. The summed E-state index contributed by atoms with van der Waals surface area (Å²) >= 11 is 0. The summed E-state index contributed by atoms with van der Waals surface area (Å²) in [7, 11) is 0. The van der Waals surface area contributed by atoms with Crippen LogP contribution < -0.4 is 10.6 Å². The van der Waals surface area contributed by atoms with Crippen molar-refractivity contribution in [2.75, 3.05) is 0 Å². The Morgan fingerprint density at radius 2 is 2.12 bits per heavy atom. The van der Waals surface area contributed by atoms with Gasteiger partial charge in [0.2, 0.25) is 5.91 Å². The molecule has 25 heavy (non-hydrogen) atoms. The van der Waals surface area contributed by atoms with Crippen LogP contribution in [0.3, 0.4) is 0 Å². The highest BCUT2D eigenvalue weighted by atomic mass is 16.1. The molecule has 3 rings (SSSR count). The lowest BCUT2D eigenvalue weighted by molar-refractivity contribution is -0.126. The third-order valence-electron chi connectivity index (χ3n) is 4.80. The first-order valence-corrected chi connectivity index (χ1v) is 9.25. The summed E-state index contributed by atoms with van der Waals surface area (Å²) in [6.07, 6.45) is 7.92. The third kappa shape index (κ3) is 4.69. The normalized spacial score (nSPS) is 20.6. The molecule has 5 heteroatoms. The van der Waals surface area contributed by atoms with Crippen LogP contribution in [-0.4, -0.2) is 27.8 Å². The highest BCUT2D eigenvalue weighted by Crippen LogP contribution is 2.25. The Morgan fingerprint density at radius 3 is 2.88 bits per heavy atom. The molecule has 2 atom stereocenters. The molecule has 5 nitrogen and oxygen atoms in total. The van der Waals surface area contributed by atoms with E-state index in [-0.39, 0.29) is 17.9 Å². The lowest BCUT2D eigenvalue weighted by atomic mass is 9.85. The molecule has 0 unspecified atom stereocenters. The Hall–Kier alpha value is -2.14. The van der Waals surface area contributed by atoms with E-state index in [1.54, 1.807) is 6.20 Å². The van der Waals surface area contributed by atoms with Gasteiger partial charge in [0.05, 0.1) is 5.69 Å². The number of nitrogens with zero attached hydrogens (tertiary/aromatic N) is 2. The predicted molar refractivity (Wildman–Crippen MR) is 99.4 cm³/mol. The van der Waals surface area contributed by atoms with E-state index in [0.29, 0.717) is 6.04 Å². The second-order valence-corrected chi connectivity index (χ2v) is 7.18. The summed E-state index contributed by atoms with van der Waals surface area (Å²) in [4.78, 5) is 12.3. The number of hydrogen-bond donors (Lipinski definition) is 2. The Morgan fingerprint density at radius 1 is 1.28 bits per heavy atom. The minimum absolute atomic E-state index is 0.134. The van der Waals surface area contributed by atoms with Crippen LogP contribution in [0.4, 0.5) is 0 Å². The van der Waals surface area contributed by atoms with Crippen LogP contribution in [-0.2, 0) is 11.3 Å². The standard InChI is InChI=1S/C20H28N4O/c1-15(2)23-20(25)16-8-5-9-18(13-16)21-14-17-7-3-4-10-19(17)24-12-6-11-22-24/h3-4,6-7,10-12,15-16,18,21H,5,8-9,13-14H2,1-2H3,(H,23,25)/t16-,18-/m0/s1. The molecular formula is C20H28N4O. The van der Waals surface area contributed by atoms with E-state index in [1.165, 1.54) is 5.56 Å². The molecule has 0 saturated heterocycles. The van der Waals surface area contributed by atoms with Gasteiger partial charge >= 0.3 is 0 Å². The monoisotopic (exact) mass is 340 g/mol. The van der Waals surface area contributed by atoms with Gasteiger partial charge in [0.25, 0.3) is 0 Å². The van der Waals surface area contributed by atoms with E-state index in [1.807, 2.05) is 36.9 Å². The molecule has 2 N–H and O–H groups in total. The van der Waals surface area contributed by atoms with Crippen molar-refractivity contribution in [3.8, 4) is 5.69 Å². The largest absolute Gasteiger partial charge is 0.354 e. The molecule has 2 aromatic rings. The van der Waals surface area contributed by atoms with Gasteiger partial charge in [-0.25, -0.2) is 4.68 Å². The van der Waals surface area contributed by atoms with Crippen LogP contribution >= 0.6 is 0 Å². The highest BCUT2D eigenvalue weighted by Gasteiger charge is 2.27. The van der Waals surface area contributed by atoms with Crippen LogP contribution in [0.15, 0.2) is 42.7 Å². The molecule has 1 heterocycles. The van der Waals surface area contributed by atoms with E-state index >= 15 is 0 Å². The van der Waals surface area contributed by atoms with Crippen molar-refractivity contribution in [1.82, 2.24) is 20.4 Å². The Balaban J connectivity index is 1.60. The van der Waals surface area contributed by atoms with E-state index in [4.69, 9.17) is 0 Å². The van der Waals surface area contributed by atoms with Crippen LogP contribution in [0.1, 0.15) is 45.1 Å². The Labute approximate surface area is 149 Å². The quantitative estimate of drug-likeness (QED) is 0.850. The minimum Gasteiger partial charge on any atom is -0.354 e. The van der Waals surface area contributed by atoms with Crippen LogP contribution in [0.5, 0.6) is 0 Å². The summed E-state index contributed by atoms with van der Waals surface area (Å²) < 4.78 is 1.90. The first-order valence-electron chi connectivity index (χ1n) is 9.25. The molecule has 134 valence electrons. The Kier molecular flexibility index (Phi) is 5.87. The number of carbonyl (C=O) groups excluding carboxylic acids is 1. The van der Waals surface area contributed by atoms with Crippen molar-refractivity contribution in [3.63, 3.8) is 0 Å². The number of hydrogen-bond acceptors (Lipinski definition) is 3. The molecule has 0 aliphatic heterocycles. The summed E-state index contributed by atoms with van der Waals surface area (Å²) in [6.45, 7) is 4.82. The van der Waals surface area contributed by atoms with E-state index < -0.39 is 0 Å². The van der Waals surface area contributed by atoms with E-state index in [2.05, 4.69) is 33.9 Å². The summed E-state index contributed by atoms with van der Waals surface area (Å²) in [6, 6.07) is 10.9. The SMILES string of the molecule is CC(C)NC(=O)[C@H]1CCC[C@H](NCc2ccccc2-n2cccn2)C1. The number of rotatable bonds is 6. The van der Waals surface area contributed by atoms with Gasteiger partial charge in [0.1, 0.15) is 0 Å². The zero-order valence-corrected chi connectivity index (χ0v) is 15.1. The first kappa shape index (κ1) is 17.7. The molecule has 0 bridgehead atoms. The zero-order chi connectivity index (χ0) is 17.6. The Bertz CT molecular complexity index is 681. The van der Waals surface area contributed by atoms with Crippen molar-refractivity contribution < 1.29 is 4.79 Å². The van der Waals surface area contributed by atoms with E-state index in [9.17, 15) is 4.79 Å². The highest BCUT2D eigenvalue weighted by molar-refractivity contribution is 5.79. The average molecular weight is 340 g/mol. The minimum atomic E-state index is 0.134. The van der Waals surface area contributed by atoms with Gasteiger partial charge in [-0.3, -0.25) is 4.79 Å². The van der Waals surface area contributed by atoms with Gasteiger partial charge < -0.3 is 10.6 Å². The van der Waals surface area contributed by atoms with Gasteiger partial charge in [-0.15, -0.1) is 0 Å². The van der Waals surface area contributed by atoms with Crippen LogP contribution in [0.2, 0.25) is 0 Å². The van der Waals surface area contributed by atoms with Gasteiger partial charge in [-0.05, 0) is 50.8 Å². The average Bonchev–Trinajstić information content (AvgIpc) is 3.14. The fourth-order valence-electron chi connectivity index (χ4n) is 3.57.